The summed E-state index contributed by atoms with van der Waals surface area (Å²) in [4.78, 5) is 8.29. The van der Waals surface area contributed by atoms with Gasteiger partial charge in [0.05, 0.1) is 11.3 Å². The Morgan fingerprint density at radius 2 is 2.16 bits per heavy atom. The number of para-hydroxylation sites is 1. The van der Waals surface area contributed by atoms with Gasteiger partial charge in [-0.2, -0.15) is 5.26 Å². The van der Waals surface area contributed by atoms with Crippen LogP contribution in [0.3, 0.4) is 0 Å². The molecule has 0 saturated heterocycles. The summed E-state index contributed by atoms with van der Waals surface area (Å²) >= 11 is 5.91. The minimum atomic E-state index is 0.273. The minimum Gasteiger partial charge on any atom is -0.377 e. The highest BCUT2D eigenvalue weighted by Gasteiger charge is 2.06. The Balaban J connectivity index is 2.30. The monoisotopic (exact) mass is 274 g/mol. The topological polar surface area (TPSA) is 70.8 Å². The third kappa shape index (κ3) is 3.41. The van der Waals surface area contributed by atoms with E-state index in [4.69, 9.17) is 21.6 Å². The highest BCUT2D eigenvalue weighted by Crippen LogP contribution is 2.20. The summed E-state index contributed by atoms with van der Waals surface area (Å²) in [7, 11) is 1.56. The van der Waals surface area contributed by atoms with Crippen molar-refractivity contribution >= 4 is 23.1 Å². The molecule has 0 fully saturated rings. The van der Waals surface area contributed by atoms with Gasteiger partial charge in [0.15, 0.2) is 5.82 Å². The number of nitrogens with one attached hydrogen (secondary N) is 1. The fourth-order valence-electron chi connectivity index (χ4n) is 1.55. The highest BCUT2D eigenvalue weighted by molar-refractivity contribution is 6.29. The van der Waals surface area contributed by atoms with Gasteiger partial charge in [-0.3, -0.25) is 0 Å². The van der Waals surface area contributed by atoms with Crippen LogP contribution in [0.15, 0.2) is 30.3 Å². The molecule has 96 valence electrons. The summed E-state index contributed by atoms with van der Waals surface area (Å²) < 4.78 is 4.97. The van der Waals surface area contributed by atoms with Crippen molar-refractivity contribution in [2.75, 3.05) is 12.4 Å². The first-order valence-corrected chi connectivity index (χ1v) is 5.89. The zero-order valence-corrected chi connectivity index (χ0v) is 11.0. The smallest absolute Gasteiger partial charge is 0.158 e. The van der Waals surface area contributed by atoms with Crippen LogP contribution in [-0.2, 0) is 11.3 Å². The number of anilines is 2. The molecule has 1 N–H and O–H groups in total. The molecule has 1 aromatic carbocycles. The fourth-order valence-corrected chi connectivity index (χ4v) is 1.75. The van der Waals surface area contributed by atoms with E-state index in [1.54, 1.807) is 31.4 Å². The summed E-state index contributed by atoms with van der Waals surface area (Å²) in [6.45, 7) is 0.273. The van der Waals surface area contributed by atoms with E-state index in [2.05, 4.69) is 21.4 Å². The van der Waals surface area contributed by atoms with Crippen molar-refractivity contribution in [3.8, 4) is 6.07 Å². The van der Waals surface area contributed by atoms with Crippen LogP contribution in [0.25, 0.3) is 0 Å². The number of hydrogen-bond donors (Lipinski definition) is 1. The second-order valence-electron chi connectivity index (χ2n) is 3.71. The maximum atomic E-state index is 9.02. The number of halogens is 1. The van der Waals surface area contributed by atoms with Gasteiger partial charge in [-0.25, -0.2) is 9.97 Å². The molecule has 0 atom stereocenters. The molecule has 0 bridgehead atoms. The fraction of sp³-hybridized carbons (Fsp3) is 0.154. The Labute approximate surface area is 115 Å². The van der Waals surface area contributed by atoms with Gasteiger partial charge < -0.3 is 10.1 Å². The van der Waals surface area contributed by atoms with Gasteiger partial charge in [0, 0.05) is 13.2 Å². The van der Waals surface area contributed by atoms with Gasteiger partial charge in [-0.15, -0.1) is 0 Å². The van der Waals surface area contributed by atoms with E-state index in [1.807, 2.05) is 6.07 Å². The van der Waals surface area contributed by atoms with Gasteiger partial charge in [0.2, 0.25) is 0 Å². The Morgan fingerprint density at radius 3 is 2.89 bits per heavy atom. The summed E-state index contributed by atoms with van der Waals surface area (Å²) in [6, 6.07) is 10.9. The lowest BCUT2D eigenvalue weighted by molar-refractivity contribution is 0.178. The van der Waals surface area contributed by atoms with Crippen molar-refractivity contribution in [3.05, 3.63) is 46.9 Å². The van der Waals surface area contributed by atoms with E-state index in [0.29, 0.717) is 28.0 Å². The molecule has 0 saturated carbocycles. The Bertz CT molecular complexity index is 624. The molecule has 2 rings (SSSR count). The highest BCUT2D eigenvalue weighted by atomic mass is 35.5. The first-order valence-electron chi connectivity index (χ1n) is 5.51. The number of benzene rings is 1. The molecule has 1 aromatic heterocycles. The average molecular weight is 275 g/mol. The number of nitriles is 1. The standard InChI is InChI=1S/C13H11ClN4O/c1-19-8-13-17-11(14)6-12(18-13)16-10-5-3-2-4-9(10)7-15/h2-6H,8H2,1H3,(H,16,17,18). The largest absolute Gasteiger partial charge is 0.377 e. The van der Waals surface area contributed by atoms with Gasteiger partial charge in [-0.05, 0) is 12.1 Å². The van der Waals surface area contributed by atoms with Crippen molar-refractivity contribution in [3.63, 3.8) is 0 Å². The van der Waals surface area contributed by atoms with Crippen LogP contribution in [0.4, 0.5) is 11.5 Å². The molecular weight excluding hydrogens is 264 g/mol. The zero-order valence-electron chi connectivity index (χ0n) is 10.2. The molecule has 0 aliphatic heterocycles. The number of methoxy groups -OCH3 is 1. The number of aromatic nitrogens is 2. The molecule has 0 aliphatic rings. The molecule has 5 nitrogen and oxygen atoms in total. The first-order chi connectivity index (χ1) is 9.22. The summed E-state index contributed by atoms with van der Waals surface area (Å²) in [5.74, 6) is 1.00. The van der Waals surface area contributed by atoms with Crippen LogP contribution in [0.1, 0.15) is 11.4 Å². The molecule has 6 heteroatoms. The summed E-state index contributed by atoms with van der Waals surface area (Å²) in [5, 5.41) is 12.4. The lowest BCUT2D eigenvalue weighted by Gasteiger charge is -2.08. The van der Waals surface area contributed by atoms with Crippen LogP contribution in [0, 0.1) is 11.3 Å². The SMILES string of the molecule is COCc1nc(Cl)cc(Nc2ccccc2C#N)n1. The second-order valence-corrected chi connectivity index (χ2v) is 4.09. The Hall–Kier alpha value is -2.16. The van der Waals surface area contributed by atoms with Crippen LogP contribution < -0.4 is 5.32 Å². The van der Waals surface area contributed by atoms with Crippen molar-refractivity contribution < 1.29 is 4.74 Å². The summed E-state index contributed by atoms with van der Waals surface area (Å²) in [6.07, 6.45) is 0. The number of nitrogens with zero attached hydrogens (tertiary/aromatic N) is 3. The lowest BCUT2D eigenvalue weighted by atomic mass is 10.2. The van der Waals surface area contributed by atoms with Crippen molar-refractivity contribution in [2.45, 2.75) is 6.61 Å². The molecule has 0 radical (unpaired) electrons. The minimum absolute atomic E-state index is 0.273. The third-order valence-electron chi connectivity index (χ3n) is 2.32. The van der Waals surface area contributed by atoms with Crippen LogP contribution in [0.5, 0.6) is 0 Å². The van der Waals surface area contributed by atoms with E-state index >= 15 is 0 Å². The maximum Gasteiger partial charge on any atom is 0.158 e. The van der Waals surface area contributed by atoms with E-state index in [9.17, 15) is 0 Å². The predicted octanol–water partition coefficient (Wildman–Crippen LogP) is 2.89. The van der Waals surface area contributed by atoms with E-state index in [-0.39, 0.29) is 6.61 Å². The van der Waals surface area contributed by atoms with Crippen LogP contribution >= 0.6 is 11.6 Å². The maximum absolute atomic E-state index is 9.02. The molecule has 19 heavy (non-hydrogen) atoms. The molecule has 1 heterocycles. The van der Waals surface area contributed by atoms with Gasteiger partial charge in [-0.1, -0.05) is 23.7 Å². The zero-order chi connectivity index (χ0) is 13.7. The third-order valence-corrected chi connectivity index (χ3v) is 2.52. The second kappa shape index (κ2) is 6.14. The molecule has 0 amide bonds. The Kier molecular flexibility index (Phi) is 4.29. The first kappa shape index (κ1) is 13.3. The van der Waals surface area contributed by atoms with E-state index in [0.717, 1.165) is 0 Å². The Morgan fingerprint density at radius 1 is 1.37 bits per heavy atom. The molecule has 2 aromatic rings. The van der Waals surface area contributed by atoms with Crippen LogP contribution in [-0.4, -0.2) is 17.1 Å². The number of ether oxygens (including phenoxy) is 1. The van der Waals surface area contributed by atoms with Crippen molar-refractivity contribution in [1.29, 1.82) is 5.26 Å². The molecule has 0 spiro atoms. The van der Waals surface area contributed by atoms with Crippen molar-refractivity contribution in [2.24, 2.45) is 0 Å². The van der Waals surface area contributed by atoms with E-state index in [1.165, 1.54) is 0 Å². The number of rotatable bonds is 4. The number of hydrogen-bond acceptors (Lipinski definition) is 5. The van der Waals surface area contributed by atoms with Crippen LogP contribution in [0.2, 0.25) is 5.15 Å². The molecule has 0 unspecified atom stereocenters. The van der Waals surface area contributed by atoms with Gasteiger partial charge in [0.1, 0.15) is 23.6 Å². The summed E-state index contributed by atoms with van der Waals surface area (Å²) in [5.41, 5.74) is 1.20. The molecule has 0 aliphatic carbocycles. The van der Waals surface area contributed by atoms with Gasteiger partial charge >= 0.3 is 0 Å². The lowest BCUT2D eigenvalue weighted by Crippen LogP contribution is -2.02. The molecular formula is C13H11ClN4O. The average Bonchev–Trinajstić information content (AvgIpc) is 2.39. The van der Waals surface area contributed by atoms with E-state index < -0.39 is 0 Å². The predicted molar refractivity (Wildman–Crippen MR) is 72.2 cm³/mol. The van der Waals surface area contributed by atoms with Crippen molar-refractivity contribution in [1.82, 2.24) is 9.97 Å². The normalized spacial score (nSPS) is 9.95. The quantitative estimate of drug-likeness (QED) is 0.868. The van der Waals surface area contributed by atoms with Gasteiger partial charge in [0.25, 0.3) is 0 Å².